The van der Waals surface area contributed by atoms with E-state index >= 15 is 0 Å². The summed E-state index contributed by atoms with van der Waals surface area (Å²) in [4.78, 5) is 4.57. The minimum Gasteiger partial charge on any atom is -0.494 e. The quantitative estimate of drug-likeness (QED) is 0.777. The van der Waals surface area contributed by atoms with Crippen LogP contribution in [-0.2, 0) is 6.42 Å². The molecule has 1 unspecified atom stereocenters. The number of aryl methyl sites for hydroxylation is 1. The van der Waals surface area contributed by atoms with Crippen molar-refractivity contribution in [2.75, 3.05) is 6.61 Å². The van der Waals surface area contributed by atoms with E-state index in [-0.39, 0.29) is 0 Å². The van der Waals surface area contributed by atoms with E-state index in [2.05, 4.69) is 10.1 Å². The van der Waals surface area contributed by atoms with Crippen molar-refractivity contribution in [1.82, 2.24) is 10.1 Å². The van der Waals surface area contributed by atoms with Crippen molar-refractivity contribution in [3.63, 3.8) is 0 Å². The third kappa shape index (κ3) is 2.81. The highest BCUT2D eigenvalue weighted by molar-refractivity contribution is 5.66. The molecule has 2 aromatic carbocycles. The minimum absolute atomic E-state index is 0.396. The fourth-order valence-corrected chi connectivity index (χ4v) is 3.34. The smallest absolute Gasteiger partial charge is 0.258 e. The van der Waals surface area contributed by atoms with Crippen molar-refractivity contribution in [3.8, 4) is 28.6 Å². The maximum absolute atomic E-state index is 10.1. The third-order valence-corrected chi connectivity index (χ3v) is 4.64. The number of hydrogen-bond donors (Lipinski definition) is 1. The zero-order valence-electron chi connectivity index (χ0n) is 14.3. The van der Waals surface area contributed by atoms with E-state index in [1.54, 1.807) is 0 Å². The molecule has 1 N–H and O–H groups in total. The Bertz CT molecular complexity index is 917. The Morgan fingerprint density at radius 3 is 3.00 bits per heavy atom. The zero-order chi connectivity index (χ0) is 17.4. The molecule has 1 heterocycles. The standard InChI is InChI=1S/C20H20N2O3/c1-3-24-18-11-13(8-7-12(18)2)20-21-19(22-25-20)16-6-4-5-15-14(16)9-10-17(15)23/h4-8,11,17,23H,3,9-10H2,1-2H3. The first-order valence-corrected chi connectivity index (χ1v) is 8.55. The van der Waals surface area contributed by atoms with Gasteiger partial charge in [0.05, 0.1) is 12.7 Å². The molecule has 0 bridgehead atoms. The first-order valence-electron chi connectivity index (χ1n) is 8.55. The molecule has 0 saturated carbocycles. The molecule has 0 aliphatic heterocycles. The van der Waals surface area contributed by atoms with Crippen LogP contribution >= 0.6 is 0 Å². The summed E-state index contributed by atoms with van der Waals surface area (Å²) < 4.78 is 11.1. The van der Waals surface area contributed by atoms with E-state index in [1.165, 1.54) is 0 Å². The van der Waals surface area contributed by atoms with Gasteiger partial charge in [-0.25, -0.2) is 0 Å². The maximum atomic E-state index is 10.1. The van der Waals surface area contributed by atoms with Crippen LogP contribution in [0.1, 0.15) is 36.1 Å². The van der Waals surface area contributed by atoms with Crippen LogP contribution in [0.25, 0.3) is 22.8 Å². The molecule has 5 nitrogen and oxygen atoms in total. The van der Waals surface area contributed by atoms with Gasteiger partial charge in [-0.3, -0.25) is 0 Å². The summed E-state index contributed by atoms with van der Waals surface area (Å²) in [6.45, 7) is 4.58. The number of nitrogens with zero attached hydrogens (tertiary/aromatic N) is 2. The molecule has 1 aliphatic rings. The Balaban J connectivity index is 1.71. The second kappa shape index (κ2) is 6.33. The molecule has 4 rings (SSSR count). The van der Waals surface area contributed by atoms with Crippen molar-refractivity contribution in [2.24, 2.45) is 0 Å². The maximum Gasteiger partial charge on any atom is 0.258 e. The van der Waals surface area contributed by atoms with Gasteiger partial charge in [-0.15, -0.1) is 0 Å². The van der Waals surface area contributed by atoms with Gasteiger partial charge in [-0.1, -0.05) is 29.4 Å². The van der Waals surface area contributed by atoms with E-state index in [0.717, 1.165) is 46.4 Å². The van der Waals surface area contributed by atoms with Gasteiger partial charge in [0.15, 0.2) is 0 Å². The van der Waals surface area contributed by atoms with Crippen LogP contribution in [0.3, 0.4) is 0 Å². The van der Waals surface area contributed by atoms with Crippen LogP contribution in [0.15, 0.2) is 40.9 Å². The van der Waals surface area contributed by atoms with E-state index < -0.39 is 6.10 Å². The lowest BCUT2D eigenvalue weighted by atomic mass is 10.0. The molecule has 1 aliphatic carbocycles. The Kier molecular flexibility index (Phi) is 4.01. The normalized spacial score (nSPS) is 16.0. The summed E-state index contributed by atoms with van der Waals surface area (Å²) >= 11 is 0. The van der Waals surface area contributed by atoms with Gasteiger partial charge in [-0.05, 0) is 55.5 Å². The molecule has 5 heteroatoms. The fourth-order valence-electron chi connectivity index (χ4n) is 3.34. The number of rotatable bonds is 4. The molecular formula is C20H20N2O3. The number of aliphatic hydroxyl groups excluding tert-OH is 1. The SMILES string of the molecule is CCOc1cc(-c2nc(-c3cccc4c3CCC4O)no2)ccc1C. The average molecular weight is 336 g/mol. The molecule has 128 valence electrons. The van der Waals surface area contributed by atoms with Crippen molar-refractivity contribution in [1.29, 1.82) is 0 Å². The molecule has 0 saturated heterocycles. The summed E-state index contributed by atoms with van der Waals surface area (Å²) in [5, 5.41) is 14.2. The summed E-state index contributed by atoms with van der Waals surface area (Å²) in [5.74, 6) is 1.84. The van der Waals surface area contributed by atoms with Gasteiger partial charge < -0.3 is 14.4 Å². The largest absolute Gasteiger partial charge is 0.494 e. The number of fused-ring (bicyclic) bond motifs is 1. The molecule has 3 aromatic rings. The van der Waals surface area contributed by atoms with E-state index in [0.29, 0.717) is 18.3 Å². The van der Waals surface area contributed by atoms with Gasteiger partial charge in [0.1, 0.15) is 5.75 Å². The molecule has 0 fully saturated rings. The van der Waals surface area contributed by atoms with Crippen molar-refractivity contribution < 1.29 is 14.4 Å². The average Bonchev–Trinajstić information content (AvgIpc) is 3.25. The molecular weight excluding hydrogens is 316 g/mol. The zero-order valence-corrected chi connectivity index (χ0v) is 14.3. The molecule has 0 spiro atoms. The second-order valence-electron chi connectivity index (χ2n) is 6.26. The lowest BCUT2D eigenvalue weighted by Crippen LogP contribution is -1.94. The van der Waals surface area contributed by atoms with Crippen molar-refractivity contribution in [2.45, 2.75) is 32.8 Å². The predicted molar refractivity (Wildman–Crippen MR) is 94.4 cm³/mol. The number of aliphatic hydroxyl groups is 1. The molecule has 1 aromatic heterocycles. The Morgan fingerprint density at radius 2 is 2.16 bits per heavy atom. The second-order valence-corrected chi connectivity index (χ2v) is 6.26. The number of benzene rings is 2. The van der Waals surface area contributed by atoms with Crippen LogP contribution in [0, 0.1) is 6.92 Å². The Morgan fingerprint density at radius 1 is 1.28 bits per heavy atom. The third-order valence-electron chi connectivity index (χ3n) is 4.64. The lowest BCUT2D eigenvalue weighted by Gasteiger charge is -2.07. The molecule has 25 heavy (non-hydrogen) atoms. The highest BCUT2D eigenvalue weighted by Crippen LogP contribution is 2.37. The highest BCUT2D eigenvalue weighted by atomic mass is 16.5. The predicted octanol–water partition coefficient (Wildman–Crippen LogP) is 4.09. The van der Waals surface area contributed by atoms with E-state index in [1.807, 2.05) is 50.2 Å². The van der Waals surface area contributed by atoms with Crippen molar-refractivity contribution in [3.05, 3.63) is 53.1 Å². The number of ether oxygens (including phenoxy) is 1. The number of aromatic nitrogens is 2. The summed E-state index contributed by atoms with van der Waals surface area (Å²) in [5.41, 5.74) is 4.92. The van der Waals surface area contributed by atoms with Crippen LogP contribution in [0.4, 0.5) is 0 Å². The van der Waals surface area contributed by atoms with Crippen LogP contribution in [0.2, 0.25) is 0 Å². The molecule has 1 atom stereocenters. The molecule has 0 amide bonds. The van der Waals surface area contributed by atoms with Crippen LogP contribution in [0.5, 0.6) is 5.75 Å². The first-order chi connectivity index (χ1) is 12.2. The van der Waals surface area contributed by atoms with Gasteiger partial charge in [0.25, 0.3) is 5.89 Å². The topological polar surface area (TPSA) is 68.4 Å². The van der Waals surface area contributed by atoms with Gasteiger partial charge in [0, 0.05) is 11.1 Å². The van der Waals surface area contributed by atoms with Gasteiger partial charge in [-0.2, -0.15) is 4.98 Å². The number of hydrogen-bond acceptors (Lipinski definition) is 5. The van der Waals surface area contributed by atoms with E-state index in [9.17, 15) is 5.11 Å². The van der Waals surface area contributed by atoms with Crippen LogP contribution < -0.4 is 4.74 Å². The van der Waals surface area contributed by atoms with Gasteiger partial charge in [0.2, 0.25) is 5.82 Å². The van der Waals surface area contributed by atoms with E-state index in [4.69, 9.17) is 9.26 Å². The lowest BCUT2D eigenvalue weighted by molar-refractivity contribution is 0.180. The van der Waals surface area contributed by atoms with Crippen LogP contribution in [-0.4, -0.2) is 21.9 Å². The Hall–Kier alpha value is -2.66. The van der Waals surface area contributed by atoms with Gasteiger partial charge >= 0.3 is 0 Å². The molecule has 0 radical (unpaired) electrons. The summed E-state index contributed by atoms with van der Waals surface area (Å²) in [7, 11) is 0. The Labute approximate surface area is 146 Å². The first kappa shape index (κ1) is 15.8. The minimum atomic E-state index is -0.396. The highest BCUT2D eigenvalue weighted by Gasteiger charge is 2.25. The fraction of sp³-hybridized carbons (Fsp3) is 0.300. The summed E-state index contributed by atoms with van der Waals surface area (Å²) in [6.07, 6.45) is 1.18. The van der Waals surface area contributed by atoms with Crippen molar-refractivity contribution >= 4 is 0 Å². The monoisotopic (exact) mass is 336 g/mol. The summed E-state index contributed by atoms with van der Waals surface area (Å²) in [6, 6.07) is 11.7.